The number of benzene rings is 1. The predicted octanol–water partition coefficient (Wildman–Crippen LogP) is 6.79. The third kappa shape index (κ3) is 8.15. The monoisotopic (exact) mass is 454 g/mol. The van der Waals surface area contributed by atoms with Gasteiger partial charge in [0.25, 0.3) is 0 Å². The molecule has 0 radical (unpaired) electrons. The van der Waals surface area contributed by atoms with Crippen LogP contribution in [0.3, 0.4) is 0 Å². The second-order valence-electron chi connectivity index (χ2n) is 7.41. The van der Waals surface area contributed by atoms with Gasteiger partial charge >= 0.3 is 160 Å². The van der Waals surface area contributed by atoms with Gasteiger partial charge in [-0.05, 0) is 0 Å². The third-order valence-electron chi connectivity index (χ3n) is 5.20. The Kier molecular flexibility index (Phi) is 11.5. The Morgan fingerprint density at radius 1 is 0.920 bits per heavy atom. The van der Waals surface area contributed by atoms with Crippen LogP contribution < -0.4 is 0 Å². The van der Waals surface area contributed by atoms with Gasteiger partial charge in [0.1, 0.15) is 0 Å². The molecule has 1 aromatic rings. The Balaban J connectivity index is 3.00. The average Bonchev–Trinajstić information content (AvgIpc) is 2.63. The third-order valence-corrected chi connectivity index (χ3v) is 20.6. The van der Waals surface area contributed by atoms with Crippen molar-refractivity contribution < 1.29 is 9.53 Å². The van der Waals surface area contributed by atoms with Crippen molar-refractivity contribution >= 4 is 24.3 Å². The van der Waals surface area contributed by atoms with Crippen LogP contribution in [0.25, 0.3) is 0 Å². The number of hydrogen-bond acceptors (Lipinski definition) is 2. The van der Waals surface area contributed by atoms with Gasteiger partial charge in [-0.25, -0.2) is 0 Å². The van der Waals surface area contributed by atoms with Crippen molar-refractivity contribution in [3.05, 3.63) is 35.4 Å². The molecule has 0 bridgehead atoms. The van der Waals surface area contributed by atoms with E-state index in [4.69, 9.17) is 4.74 Å². The summed E-state index contributed by atoms with van der Waals surface area (Å²) in [6.45, 7) is 9.26. The number of carbonyl (C=O) groups excluding carboxylic acids is 1. The average molecular weight is 453 g/mol. The normalized spacial score (nSPS) is 11.5. The van der Waals surface area contributed by atoms with Gasteiger partial charge in [0, 0.05) is 0 Å². The molecule has 0 aromatic heterocycles. The maximum absolute atomic E-state index is 12.1. The van der Waals surface area contributed by atoms with E-state index in [1.54, 1.807) is 0 Å². The number of carbonyl (C=O) groups is 1. The maximum atomic E-state index is 12.1. The Hall–Kier alpha value is -0.511. The molecule has 0 fully saturated rings. The molecule has 142 valence electrons. The van der Waals surface area contributed by atoms with E-state index in [-0.39, 0.29) is 5.97 Å². The zero-order valence-corrected chi connectivity index (χ0v) is 19.8. The number of esters is 1. The van der Waals surface area contributed by atoms with E-state index in [0.29, 0.717) is 6.61 Å². The first-order valence-corrected chi connectivity index (χ1v) is 18.4. The zero-order chi connectivity index (χ0) is 18.5. The van der Waals surface area contributed by atoms with Crippen LogP contribution in [0.15, 0.2) is 24.3 Å². The van der Waals surface area contributed by atoms with Gasteiger partial charge in [-0.1, -0.05) is 0 Å². The fourth-order valence-electron chi connectivity index (χ4n) is 3.75. The minimum atomic E-state index is -2.20. The van der Waals surface area contributed by atoms with Crippen molar-refractivity contribution in [2.45, 2.75) is 84.0 Å². The van der Waals surface area contributed by atoms with Gasteiger partial charge in [-0.2, -0.15) is 0 Å². The topological polar surface area (TPSA) is 26.3 Å². The van der Waals surface area contributed by atoms with Crippen molar-refractivity contribution in [1.29, 1.82) is 0 Å². The van der Waals surface area contributed by atoms with Crippen LogP contribution in [0.1, 0.15) is 82.1 Å². The molecular weight excluding hydrogens is 415 g/mol. The first-order chi connectivity index (χ1) is 12.1. The minimum absolute atomic E-state index is 0.180. The van der Waals surface area contributed by atoms with Crippen LogP contribution in [0.5, 0.6) is 0 Å². The van der Waals surface area contributed by atoms with E-state index in [9.17, 15) is 4.79 Å². The molecular formula is C22H38O2Sn. The number of ether oxygens (including phenoxy) is 1. The molecule has 0 saturated carbocycles. The molecule has 0 heterocycles. The van der Waals surface area contributed by atoms with Crippen LogP contribution in [-0.4, -0.2) is 31.0 Å². The molecule has 0 unspecified atom stereocenters. The second kappa shape index (κ2) is 12.8. The van der Waals surface area contributed by atoms with Crippen molar-refractivity contribution in [2.24, 2.45) is 0 Å². The van der Waals surface area contributed by atoms with Crippen molar-refractivity contribution in [3.63, 3.8) is 0 Å². The summed E-state index contributed by atoms with van der Waals surface area (Å²) >= 11 is -2.20. The van der Waals surface area contributed by atoms with Crippen LogP contribution in [0.2, 0.25) is 13.3 Å². The van der Waals surface area contributed by atoms with E-state index in [1.807, 2.05) is 19.1 Å². The summed E-state index contributed by atoms with van der Waals surface area (Å²) in [6.07, 6.45) is 8.09. The van der Waals surface area contributed by atoms with Gasteiger partial charge in [0.05, 0.1) is 0 Å². The molecule has 0 spiro atoms. The molecule has 0 N–H and O–H groups in total. The fraction of sp³-hybridized carbons (Fsp3) is 0.682. The molecule has 0 aliphatic heterocycles. The second-order valence-corrected chi connectivity index (χ2v) is 21.3. The quantitative estimate of drug-likeness (QED) is 0.243. The molecule has 25 heavy (non-hydrogen) atoms. The van der Waals surface area contributed by atoms with Gasteiger partial charge in [-0.3, -0.25) is 0 Å². The van der Waals surface area contributed by atoms with Crippen molar-refractivity contribution in [1.82, 2.24) is 0 Å². The first kappa shape index (κ1) is 22.5. The van der Waals surface area contributed by atoms with Gasteiger partial charge < -0.3 is 0 Å². The van der Waals surface area contributed by atoms with Crippen LogP contribution >= 0.6 is 0 Å². The molecule has 1 rings (SSSR count). The van der Waals surface area contributed by atoms with E-state index >= 15 is 0 Å². The SMILES string of the molecule is CCC[CH2][Sn]([CH2]CCC)([CH2]CCC)[CH2]c1cccc(C(=O)OCC)c1. The van der Waals surface area contributed by atoms with E-state index < -0.39 is 18.4 Å². The standard InChI is InChI=1S/C10H11O2.3C4H9.Sn/c1-3-12-10(11)9-6-4-5-8(2)7-9;3*1-3-4-2;/h4-7H,2-3H2,1H3;3*1,3-4H2,2H3;. The Morgan fingerprint density at radius 2 is 1.48 bits per heavy atom. The Morgan fingerprint density at radius 3 is 1.96 bits per heavy atom. The summed E-state index contributed by atoms with van der Waals surface area (Å²) in [7, 11) is 0. The summed E-state index contributed by atoms with van der Waals surface area (Å²) < 4.78 is 11.0. The summed E-state index contributed by atoms with van der Waals surface area (Å²) in [5.41, 5.74) is 2.10. The van der Waals surface area contributed by atoms with Gasteiger partial charge in [-0.15, -0.1) is 0 Å². The van der Waals surface area contributed by atoms with E-state index in [0.717, 1.165) is 5.56 Å². The fourth-order valence-corrected chi connectivity index (χ4v) is 20.0. The van der Waals surface area contributed by atoms with Crippen molar-refractivity contribution in [2.75, 3.05) is 6.61 Å². The first-order valence-electron chi connectivity index (χ1n) is 10.4. The number of rotatable bonds is 13. The van der Waals surface area contributed by atoms with Gasteiger partial charge in [0.15, 0.2) is 0 Å². The molecule has 3 heteroatoms. The molecule has 0 saturated heterocycles. The number of hydrogen-bond donors (Lipinski definition) is 0. The molecule has 0 atom stereocenters. The van der Waals surface area contributed by atoms with Crippen LogP contribution in [-0.2, 0) is 9.17 Å². The van der Waals surface area contributed by atoms with E-state index in [1.165, 1.54) is 61.8 Å². The summed E-state index contributed by atoms with van der Waals surface area (Å²) in [5.74, 6) is -0.180. The molecule has 2 nitrogen and oxygen atoms in total. The Labute approximate surface area is 159 Å². The summed E-state index contributed by atoms with van der Waals surface area (Å²) in [4.78, 5) is 12.1. The van der Waals surface area contributed by atoms with Crippen LogP contribution in [0, 0.1) is 0 Å². The molecule has 0 amide bonds. The van der Waals surface area contributed by atoms with Crippen molar-refractivity contribution in [3.8, 4) is 0 Å². The molecule has 0 aliphatic carbocycles. The predicted molar refractivity (Wildman–Crippen MR) is 111 cm³/mol. The Bertz CT molecular complexity index is 477. The zero-order valence-electron chi connectivity index (χ0n) is 16.9. The van der Waals surface area contributed by atoms with Gasteiger partial charge in [0.2, 0.25) is 0 Å². The van der Waals surface area contributed by atoms with Crippen LogP contribution in [0.4, 0.5) is 0 Å². The summed E-state index contributed by atoms with van der Waals surface area (Å²) in [6, 6.07) is 8.27. The molecule has 1 aromatic carbocycles. The molecule has 0 aliphatic rings. The number of unbranched alkanes of at least 4 members (excludes halogenated alkanes) is 3. The van der Waals surface area contributed by atoms with E-state index in [2.05, 4.69) is 32.9 Å². The summed E-state index contributed by atoms with van der Waals surface area (Å²) in [5, 5.41) is 0.